The number of aromatic nitrogens is 1. The molecule has 0 aliphatic carbocycles. The zero-order chi connectivity index (χ0) is 15.0. The molecule has 0 fully saturated rings. The second kappa shape index (κ2) is 5.15. The summed E-state index contributed by atoms with van der Waals surface area (Å²) >= 11 is 1.63. The third kappa shape index (κ3) is 2.93. The van der Waals surface area contributed by atoms with Crippen molar-refractivity contribution < 1.29 is 9.53 Å². The fourth-order valence-corrected chi connectivity index (χ4v) is 3.27. The maximum atomic E-state index is 12.1. The van der Waals surface area contributed by atoms with Gasteiger partial charge in [-0.25, -0.2) is 9.78 Å². The van der Waals surface area contributed by atoms with Gasteiger partial charge in [0.1, 0.15) is 10.4 Å². The number of rotatable bonds is 1. The minimum absolute atomic E-state index is 0.258. The molecule has 3 heterocycles. The number of hydrogen-bond acceptors (Lipinski definition) is 4. The van der Waals surface area contributed by atoms with E-state index >= 15 is 0 Å². The lowest BCUT2D eigenvalue weighted by Gasteiger charge is -2.24. The van der Waals surface area contributed by atoms with Crippen molar-refractivity contribution in [3.8, 4) is 0 Å². The molecule has 2 aromatic heterocycles. The fraction of sp³-hybridized carbons (Fsp3) is 0.375. The molecule has 5 heteroatoms. The van der Waals surface area contributed by atoms with Crippen molar-refractivity contribution in [2.75, 3.05) is 13.1 Å². The lowest BCUT2D eigenvalue weighted by molar-refractivity contribution is 0.0306. The maximum Gasteiger partial charge on any atom is 0.410 e. The highest BCUT2D eigenvalue weighted by Crippen LogP contribution is 2.32. The summed E-state index contributed by atoms with van der Waals surface area (Å²) < 4.78 is 5.42. The first-order chi connectivity index (χ1) is 9.94. The van der Waals surface area contributed by atoms with Gasteiger partial charge in [0.25, 0.3) is 0 Å². The van der Waals surface area contributed by atoms with Gasteiger partial charge >= 0.3 is 6.09 Å². The predicted molar refractivity (Wildman–Crippen MR) is 85.4 cm³/mol. The molecule has 0 radical (unpaired) electrons. The van der Waals surface area contributed by atoms with Crippen LogP contribution in [-0.2, 0) is 4.74 Å². The van der Waals surface area contributed by atoms with Crippen LogP contribution in [0.15, 0.2) is 29.8 Å². The van der Waals surface area contributed by atoms with Gasteiger partial charge < -0.3 is 9.64 Å². The van der Waals surface area contributed by atoms with E-state index in [1.54, 1.807) is 22.4 Å². The first-order valence-electron chi connectivity index (χ1n) is 6.93. The molecule has 0 saturated carbocycles. The minimum Gasteiger partial charge on any atom is -0.444 e. The topological polar surface area (TPSA) is 42.4 Å². The summed E-state index contributed by atoms with van der Waals surface area (Å²) in [7, 11) is 0. The Balaban J connectivity index is 1.77. The molecule has 0 spiro atoms. The lowest BCUT2D eigenvalue weighted by atomic mass is 10.1. The Morgan fingerprint density at radius 1 is 1.43 bits per heavy atom. The Kier molecular flexibility index (Phi) is 3.45. The largest absolute Gasteiger partial charge is 0.444 e. The van der Waals surface area contributed by atoms with Gasteiger partial charge in [-0.15, -0.1) is 11.3 Å². The van der Waals surface area contributed by atoms with Crippen LogP contribution in [0.2, 0.25) is 0 Å². The van der Waals surface area contributed by atoms with Crippen molar-refractivity contribution >= 4 is 33.2 Å². The summed E-state index contributed by atoms with van der Waals surface area (Å²) in [6.45, 7) is 6.84. The van der Waals surface area contributed by atoms with Gasteiger partial charge in [0.05, 0.1) is 0 Å². The molecule has 21 heavy (non-hydrogen) atoms. The van der Waals surface area contributed by atoms with Crippen LogP contribution in [0, 0.1) is 0 Å². The first-order valence-corrected chi connectivity index (χ1v) is 7.81. The van der Waals surface area contributed by atoms with E-state index in [9.17, 15) is 4.79 Å². The molecular weight excluding hydrogens is 284 g/mol. The normalized spacial score (nSPS) is 15.4. The van der Waals surface area contributed by atoms with E-state index in [0.717, 1.165) is 10.2 Å². The van der Waals surface area contributed by atoms with Gasteiger partial charge in [0.15, 0.2) is 0 Å². The number of amides is 1. The fourth-order valence-electron chi connectivity index (χ4n) is 2.33. The van der Waals surface area contributed by atoms with Gasteiger partial charge in [0, 0.05) is 30.1 Å². The second-order valence-electron chi connectivity index (χ2n) is 6.10. The summed E-state index contributed by atoms with van der Waals surface area (Å²) in [5.41, 5.74) is 1.88. The quantitative estimate of drug-likeness (QED) is 0.801. The summed E-state index contributed by atoms with van der Waals surface area (Å²) in [5, 5.41) is 3.27. The number of hydrogen-bond donors (Lipinski definition) is 0. The van der Waals surface area contributed by atoms with Gasteiger partial charge in [0.2, 0.25) is 0 Å². The van der Waals surface area contributed by atoms with Gasteiger partial charge in [-0.2, -0.15) is 0 Å². The molecule has 0 atom stereocenters. The smallest absolute Gasteiger partial charge is 0.410 e. The molecule has 0 bridgehead atoms. The molecule has 1 amide bonds. The van der Waals surface area contributed by atoms with Gasteiger partial charge in [-0.3, -0.25) is 0 Å². The van der Waals surface area contributed by atoms with Crippen LogP contribution in [-0.4, -0.2) is 34.7 Å². The van der Waals surface area contributed by atoms with Crippen LogP contribution in [0.25, 0.3) is 15.8 Å². The van der Waals surface area contributed by atoms with Crippen molar-refractivity contribution in [3.63, 3.8) is 0 Å². The van der Waals surface area contributed by atoms with Crippen molar-refractivity contribution in [3.05, 3.63) is 35.3 Å². The van der Waals surface area contributed by atoms with Gasteiger partial charge in [-0.1, -0.05) is 6.08 Å². The number of thiophene rings is 1. The van der Waals surface area contributed by atoms with Crippen molar-refractivity contribution in [2.24, 2.45) is 0 Å². The molecule has 1 aliphatic heterocycles. The standard InChI is InChI=1S/C16H18N2O2S/c1-16(2,3)20-15(19)18-8-6-11(9-18)13-10-21-14-12(13)5-4-7-17-14/h4-7,10H,8-9H2,1-3H3. The minimum atomic E-state index is -0.459. The number of fused-ring (bicyclic) bond motifs is 1. The van der Waals surface area contributed by atoms with E-state index in [1.807, 2.05) is 26.8 Å². The zero-order valence-corrected chi connectivity index (χ0v) is 13.2. The third-order valence-corrected chi connectivity index (χ3v) is 4.17. The molecule has 4 nitrogen and oxygen atoms in total. The molecule has 1 aliphatic rings. The van der Waals surface area contributed by atoms with E-state index in [0.29, 0.717) is 13.1 Å². The average Bonchev–Trinajstić information content (AvgIpc) is 3.03. The van der Waals surface area contributed by atoms with Crippen molar-refractivity contribution in [1.29, 1.82) is 0 Å². The Hall–Kier alpha value is -1.88. The molecular formula is C16H18N2O2S. The predicted octanol–water partition coefficient (Wildman–Crippen LogP) is 3.93. The molecule has 0 unspecified atom stereocenters. The van der Waals surface area contributed by atoms with Crippen LogP contribution in [0.5, 0.6) is 0 Å². The SMILES string of the molecule is CC(C)(C)OC(=O)N1CC=C(c2csc3ncccc23)C1. The highest BCUT2D eigenvalue weighted by atomic mass is 32.1. The van der Waals surface area contributed by atoms with E-state index in [2.05, 4.69) is 22.5 Å². The Bertz CT molecular complexity index is 712. The van der Waals surface area contributed by atoms with E-state index < -0.39 is 5.60 Å². The summed E-state index contributed by atoms with van der Waals surface area (Å²) in [6.07, 6.45) is 3.64. The summed E-state index contributed by atoms with van der Waals surface area (Å²) in [6, 6.07) is 4.02. The summed E-state index contributed by atoms with van der Waals surface area (Å²) in [5.74, 6) is 0. The van der Waals surface area contributed by atoms with Crippen LogP contribution in [0.1, 0.15) is 26.3 Å². The number of nitrogens with zero attached hydrogens (tertiary/aromatic N) is 2. The van der Waals surface area contributed by atoms with E-state index in [4.69, 9.17) is 4.74 Å². The van der Waals surface area contributed by atoms with Crippen LogP contribution >= 0.6 is 11.3 Å². The monoisotopic (exact) mass is 302 g/mol. The number of pyridine rings is 1. The number of carbonyl (C=O) groups is 1. The van der Waals surface area contributed by atoms with Gasteiger partial charge in [-0.05, 0) is 44.0 Å². The number of ether oxygens (including phenoxy) is 1. The van der Waals surface area contributed by atoms with E-state index in [-0.39, 0.29) is 6.09 Å². The van der Waals surface area contributed by atoms with Crippen LogP contribution in [0.3, 0.4) is 0 Å². The first kappa shape index (κ1) is 14.1. The Morgan fingerprint density at radius 3 is 3.00 bits per heavy atom. The maximum absolute atomic E-state index is 12.1. The summed E-state index contributed by atoms with van der Waals surface area (Å²) in [4.78, 5) is 19.2. The number of carbonyl (C=O) groups excluding carboxylic acids is 1. The highest BCUT2D eigenvalue weighted by molar-refractivity contribution is 7.17. The Morgan fingerprint density at radius 2 is 2.24 bits per heavy atom. The molecule has 2 aromatic rings. The molecule has 0 N–H and O–H groups in total. The van der Waals surface area contributed by atoms with Crippen molar-refractivity contribution in [1.82, 2.24) is 9.88 Å². The lowest BCUT2D eigenvalue weighted by Crippen LogP contribution is -2.35. The molecule has 110 valence electrons. The Labute approximate surface area is 128 Å². The molecule has 3 rings (SSSR count). The molecule has 0 saturated heterocycles. The van der Waals surface area contributed by atoms with Crippen LogP contribution in [0.4, 0.5) is 4.79 Å². The van der Waals surface area contributed by atoms with Crippen LogP contribution < -0.4 is 0 Å². The average molecular weight is 302 g/mol. The van der Waals surface area contributed by atoms with E-state index in [1.165, 1.54) is 11.1 Å². The molecule has 0 aromatic carbocycles. The zero-order valence-electron chi connectivity index (χ0n) is 12.4. The van der Waals surface area contributed by atoms with Crippen molar-refractivity contribution in [2.45, 2.75) is 26.4 Å². The third-order valence-electron chi connectivity index (χ3n) is 3.27. The second-order valence-corrected chi connectivity index (χ2v) is 6.95. The highest BCUT2D eigenvalue weighted by Gasteiger charge is 2.26.